The van der Waals surface area contributed by atoms with Gasteiger partial charge in [-0.05, 0) is 37.3 Å². The SMILES string of the molecule is COCC(C)Oc1cc(Oc2cccc(-c3nnc(C(C)C)o3)c2)cc(C(=O)Nc2nccs2)c1. The normalized spacial score (nSPS) is 11.9. The third-order valence-corrected chi connectivity index (χ3v) is 5.47. The number of aromatic nitrogens is 3. The topological polar surface area (TPSA) is 109 Å². The quantitative estimate of drug-likeness (QED) is 0.296. The van der Waals surface area contributed by atoms with E-state index in [1.165, 1.54) is 11.3 Å². The lowest BCUT2D eigenvalue weighted by molar-refractivity contribution is 0.0916. The van der Waals surface area contributed by atoms with Crippen LogP contribution >= 0.6 is 11.3 Å². The summed E-state index contributed by atoms with van der Waals surface area (Å²) in [4.78, 5) is 17.0. The minimum atomic E-state index is -0.324. The van der Waals surface area contributed by atoms with Gasteiger partial charge in [-0.2, -0.15) is 0 Å². The number of anilines is 1. The van der Waals surface area contributed by atoms with Crippen molar-refractivity contribution < 1.29 is 23.4 Å². The number of amides is 1. The highest BCUT2D eigenvalue weighted by Gasteiger charge is 2.15. The molecule has 0 radical (unpaired) electrons. The van der Waals surface area contributed by atoms with Crippen LogP contribution in [0.15, 0.2) is 58.5 Å². The zero-order chi connectivity index (χ0) is 24.8. The van der Waals surface area contributed by atoms with Crippen LogP contribution in [0.1, 0.15) is 42.9 Å². The maximum absolute atomic E-state index is 12.9. The number of methoxy groups -OCH3 is 1. The molecule has 1 N–H and O–H groups in total. The van der Waals surface area contributed by atoms with Gasteiger partial charge in [-0.25, -0.2) is 4.98 Å². The lowest BCUT2D eigenvalue weighted by Gasteiger charge is -2.16. The van der Waals surface area contributed by atoms with E-state index in [1.54, 1.807) is 49.0 Å². The van der Waals surface area contributed by atoms with Crippen molar-refractivity contribution in [2.45, 2.75) is 32.8 Å². The van der Waals surface area contributed by atoms with E-state index in [0.717, 1.165) is 5.56 Å². The summed E-state index contributed by atoms with van der Waals surface area (Å²) in [6.07, 6.45) is 1.41. The van der Waals surface area contributed by atoms with Gasteiger partial charge in [0, 0.05) is 41.8 Å². The van der Waals surface area contributed by atoms with Crippen molar-refractivity contribution in [1.29, 1.82) is 0 Å². The van der Waals surface area contributed by atoms with Crippen LogP contribution in [0.3, 0.4) is 0 Å². The molecule has 9 nitrogen and oxygen atoms in total. The molecular weight excluding hydrogens is 468 g/mol. The van der Waals surface area contributed by atoms with Crippen molar-refractivity contribution in [2.24, 2.45) is 0 Å². The smallest absolute Gasteiger partial charge is 0.257 e. The van der Waals surface area contributed by atoms with Crippen LogP contribution in [0.25, 0.3) is 11.5 Å². The molecule has 182 valence electrons. The van der Waals surface area contributed by atoms with Crippen LogP contribution in [-0.2, 0) is 4.74 Å². The van der Waals surface area contributed by atoms with E-state index >= 15 is 0 Å². The Kier molecular flexibility index (Phi) is 7.74. The standard InChI is InChI=1S/C25H26N4O5S/c1-15(2)23-28-29-24(34-23)17-6-5-7-19(10-17)33-21-12-18(22(30)27-25-26-8-9-35-25)11-20(13-21)32-16(3)14-31-4/h5-13,15-16H,14H2,1-4H3,(H,26,27,30). The summed E-state index contributed by atoms with van der Waals surface area (Å²) in [5.74, 6) is 2.24. The molecule has 0 bridgehead atoms. The molecule has 0 aliphatic rings. The van der Waals surface area contributed by atoms with Gasteiger partial charge in [0.2, 0.25) is 11.8 Å². The third-order valence-electron chi connectivity index (χ3n) is 4.78. The first-order chi connectivity index (χ1) is 16.9. The number of carbonyl (C=O) groups excluding carboxylic acids is 1. The van der Waals surface area contributed by atoms with E-state index in [-0.39, 0.29) is 17.9 Å². The van der Waals surface area contributed by atoms with Crippen LogP contribution in [0.5, 0.6) is 17.2 Å². The number of ether oxygens (including phenoxy) is 3. The molecule has 4 rings (SSSR count). The molecule has 0 fully saturated rings. The minimum absolute atomic E-state index is 0.132. The van der Waals surface area contributed by atoms with Gasteiger partial charge >= 0.3 is 0 Å². The van der Waals surface area contributed by atoms with Gasteiger partial charge in [0.05, 0.1) is 6.61 Å². The molecule has 0 spiro atoms. The fraction of sp³-hybridized carbons (Fsp3) is 0.280. The minimum Gasteiger partial charge on any atom is -0.488 e. The van der Waals surface area contributed by atoms with E-state index in [4.69, 9.17) is 18.6 Å². The average molecular weight is 495 g/mol. The molecular formula is C25H26N4O5S. The van der Waals surface area contributed by atoms with Crippen molar-refractivity contribution in [3.63, 3.8) is 0 Å². The molecule has 2 heterocycles. The van der Waals surface area contributed by atoms with E-state index in [1.807, 2.05) is 32.9 Å². The Hall–Kier alpha value is -3.76. The number of hydrogen-bond acceptors (Lipinski definition) is 9. The molecule has 10 heteroatoms. The summed E-state index contributed by atoms with van der Waals surface area (Å²) < 4.78 is 23.0. The number of benzene rings is 2. The summed E-state index contributed by atoms with van der Waals surface area (Å²) >= 11 is 1.34. The Morgan fingerprint density at radius 3 is 2.63 bits per heavy atom. The van der Waals surface area contributed by atoms with Crippen LogP contribution in [0.2, 0.25) is 0 Å². The van der Waals surface area contributed by atoms with E-state index < -0.39 is 0 Å². The van der Waals surface area contributed by atoms with E-state index in [0.29, 0.717) is 46.3 Å². The molecule has 0 saturated carbocycles. The summed E-state index contributed by atoms with van der Waals surface area (Å²) in [6, 6.07) is 12.3. The second-order valence-electron chi connectivity index (χ2n) is 8.10. The molecule has 0 saturated heterocycles. The Morgan fingerprint density at radius 2 is 1.91 bits per heavy atom. The zero-order valence-corrected chi connectivity index (χ0v) is 20.7. The summed E-state index contributed by atoms with van der Waals surface area (Å²) in [5, 5.41) is 13.3. The fourth-order valence-electron chi connectivity index (χ4n) is 3.20. The molecule has 0 aliphatic carbocycles. The number of carbonyl (C=O) groups is 1. The molecule has 35 heavy (non-hydrogen) atoms. The lowest BCUT2D eigenvalue weighted by atomic mass is 10.1. The van der Waals surface area contributed by atoms with E-state index in [9.17, 15) is 4.79 Å². The summed E-state index contributed by atoms with van der Waals surface area (Å²) in [7, 11) is 1.60. The molecule has 2 aromatic carbocycles. The van der Waals surface area contributed by atoms with Crippen molar-refractivity contribution >= 4 is 22.4 Å². The molecule has 1 unspecified atom stereocenters. The maximum atomic E-state index is 12.9. The van der Waals surface area contributed by atoms with Gasteiger partial charge in [-0.3, -0.25) is 10.1 Å². The number of nitrogens with zero attached hydrogens (tertiary/aromatic N) is 3. The molecule has 1 atom stereocenters. The van der Waals surface area contributed by atoms with Gasteiger partial charge in [0.15, 0.2) is 5.13 Å². The first-order valence-electron chi connectivity index (χ1n) is 11.0. The average Bonchev–Trinajstić information content (AvgIpc) is 3.52. The van der Waals surface area contributed by atoms with Gasteiger partial charge < -0.3 is 18.6 Å². The summed E-state index contributed by atoms with van der Waals surface area (Å²) in [5.41, 5.74) is 1.09. The first kappa shape index (κ1) is 24.4. The number of rotatable bonds is 10. The summed E-state index contributed by atoms with van der Waals surface area (Å²) in [6.45, 7) is 6.26. The monoisotopic (exact) mass is 494 g/mol. The van der Waals surface area contributed by atoms with Crippen molar-refractivity contribution in [3.8, 4) is 28.7 Å². The molecule has 1 amide bonds. The van der Waals surface area contributed by atoms with Crippen LogP contribution in [0, 0.1) is 0 Å². The first-order valence-corrected chi connectivity index (χ1v) is 11.9. The predicted octanol–water partition coefficient (Wildman–Crippen LogP) is 5.77. The van der Waals surface area contributed by atoms with Crippen molar-refractivity contribution in [2.75, 3.05) is 19.0 Å². The Morgan fingerprint density at radius 1 is 1.09 bits per heavy atom. The number of hydrogen-bond donors (Lipinski definition) is 1. The highest BCUT2D eigenvalue weighted by Crippen LogP contribution is 2.31. The highest BCUT2D eigenvalue weighted by atomic mass is 32.1. The fourth-order valence-corrected chi connectivity index (χ4v) is 3.72. The van der Waals surface area contributed by atoms with Gasteiger partial charge in [0.25, 0.3) is 5.91 Å². The molecule has 0 aliphatic heterocycles. The highest BCUT2D eigenvalue weighted by molar-refractivity contribution is 7.13. The zero-order valence-electron chi connectivity index (χ0n) is 19.8. The van der Waals surface area contributed by atoms with Crippen molar-refractivity contribution in [1.82, 2.24) is 15.2 Å². The van der Waals surface area contributed by atoms with Gasteiger partial charge in [-0.15, -0.1) is 21.5 Å². The van der Waals surface area contributed by atoms with Crippen LogP contribution in [-0.4, -0.2) is 40.9 Å². The second-order valence-corrected chi connectivity index (χ2v) is 8.99. The largest absolute Gasteiger partial charge is 0.488 e. The second kappa shape index (κ2) is 11.1. The third kappa shape index (κ3) is 6.43. The van der Waals surface area contributed by atoms with Crippen LogP contribution in [0.4, 0.5) is 5.13 Å². The van der Waals surface area contributed by atoms with Gasteiger partial charge in [0.1, 0.15) is 23.4 Å². The Balaban J connectivity index is 1.60. The maximum Gasteiger partial charge on any atom is 0.257 e. The number of thiazole rings is 1. The molecule has 4 aromatic rings. The van der Waals surface area contributed by atoms with Gasteiger partial charge in [-0.1, -0.05) is 19.9 Å². The molecule has 2 aromatic heterocycles. The van der Waals surface area contributed by atoms with Crippen LogP contribution < -0.4 is 14.8 Å². The predicted molar refractivity (Wildman–Crippen MR) is 132 cm³/mol. The van der Waals surface area contributed by atoms with Crippen molar-refractivity contribution in [3.05, 3.63) is 65.5 Å². The van der Waals surface area contributed by atoms with E-state index in [2.05, 4.69) is 20.5 Å². The Labute approximate surface area is 207 Å². The Bertz CT molecular complexity index is 1270. The lowest BCUT2D eigenvalue weighted by Crippen LogP contribution is -2.18. The number of nitrogens with one attached hydrogen (secondary N) is 1.